The number of likely N-dealkylation sites (tertiary alicyclic amines) is 1. The van der Waals surface area contributed by atoms with Crippen molar-refractivity contribution in [3.63, 3.8) is 0 Å². The predicted molar refractivity (Wildman–Crippen MR) is 217 cm³/mol. The third-order valence-electron chi connectivity index (χ3n) is 12.8. The van der Waals surface area contributed by atoms with E-state index in [1.54, 1.807) is 37.9 Å². The van der Waals surface area contributed by atoms with E-state index < -0.39 is 51.4 Å². The third-order valence-corrected chi connectivity index (χ3v) is 14.3. The highest BCUT2D eigenvalue weighted by Crippen LogP contribution is 2.53. The van der Waals surface area contributed by atoms with Crippen LogP contribution >= 0.6 is 11.6 Å². The maximum Gasteiger partial charge on any atom is 0.301 e. The lowest BCUT2D eigenvalue weighted by atomic mass is 9.58. The zero-order valence-electron chi connectivity index (χ0n) is 33.7. The van der Waals surface area contributed by atoms with E-state index in [1.807, 2.05) is 29.0 Å². The normalized spacial score (nSPS) is 30.7. The molecule has 3 N–H and O–H groups in total. The Labute approximate surface area is 345 Å². The highest BCUT2D eigenvalue weighted by atomic mass is 35.5. The second-order valence-electron chi connectivity index (χ2n) is 17.7. The van der Waals surface area contributed by atoms with Crippen LogP contribution in [0.25, 0.3) is 0 Å². The van der Waals surface area contributed by atoms with Gasteiger partial charge in [-0.25, -0.2) is 13.5 Å². The fraction of sp³-hybridized carbons (Fsp3) is 0.619. The van der Waals surface area contributed by atoms with E-state index in [0.717, 1.165) is 37.7 Å². The van der Waals surface area contributed by atoms with Crippen molar-refractivity contribution in [2.75, 3.05) is 64.4 Å². The van der Waals surface area contributed by atoms with Crippen molar-refractivity contribution in [3.05, 3.63) is 70.3 Å². The number of rotatable bonds is 8. The van der Waals surface area contributed by atoms with Crippen LogP contribution in [0.5, 0.6) is 5.75 Å². The second-order valence-corrected chi connectivity index (χ2v) is 19.6. The highest BCUT2D eigenvalue weighted by molar-refractivity contribution is 7.88. The number of carbonyl (C=O) groups excluding carboxylic acids is 2. The van der Waals surface area contributed by atoms with E-state index in [4.69, 9.17) is 21.1 Å². The molecule has 0 aromatic heterocycles. The van der Waals surface area contributed by atoms with Crippen molar-refractivity contribution < 1.29 is 41.4 Å². The lowest BCUT2D eigenvalue weighted by Crippen LogP contribution is -2.57. The van der Waals surface area contributed by atoms with Crippen molar-refractivity contribution in [1.82, 2.24) is 19.2 Å². The molecule has 318 valence electrons. The van der Waals surface area contributed by atoms with Gasteiger partial charge in [-0.15, -0.1) is 0 Å². The minimum absolute atomic E-state index is 0.0470. The summed E-state index contributed by atoms with van der Waals surface area (Å²) in [6, 6.07) is 10.4. The number of benzene rings is 2. The van der Waals surface area contributed by atoms with E-state index in [0.29, 0.717) is 55.7 Å². The SMILES string of the molecule is CC(C)NS(=O)(=O)NC(=O)[C@@]1(O)CC(=O)N(C)CC/C=C/[C@H](OCCN2CC(F)(F)C2)[C@@H]2CCC2(C)CN2C[C@@]3(CCCc4cc(Cl)ccc43)COc3ccc1cc32. The topological polar surface area (TPSA) is 141 Å². The molecule has 2 amide bonds. The van der Waals surface area contributed by atoms with Crippen molar-refractivity contribution in [2.45, 2.75) is 94.8 Å². The fourth-order valence-corrected chi connectivity index (χ4v) is 10.9. The van der Waals surface area contributed by atoms with Crippen LogP contribution in [0.4, 0.5) is 14.5 Å². The lowest BCUT2D eigenvalue weighted by Gasteiger charge is -2.53. The number of anilines is 1. The number of amides is 2. The molecule has 2 aromatic rings. The van der Waals surface area contributed by atoms with Crippen molar-refractivity contribution in [2.24, 2.45) is 11.3 Å². The zero-order chi connectivity index (χ0) is 41.7. The summed E-state index contributed by atoms with van der Waals surface area (Å²) in [4.78, 5) is 33.2. The minimum atomic E-state index is -4.40. The van der Waals surface area contributed by atoms with Gasteiger partial charge < -0.3 is 24.4 Å². The highest BCUT2D eigenvalue weighted by Gasteiger charge is 2.51. The van der Waals surface area contributed by atoms with E-state index in [2.05, 4.69) is 22.6 Å². The molecule has 16 heteroatoms. The van der Waals surface area contributed by atoms with Gasteiger partial charge in [-0.05, 0) is 105 Å². The van der Waals surface area contributed by atoms with Crippen LogP contribution in [-0.4, -0.2) is 113 Å². The Morgan fingerprint density at radius 3 is 2.60 bits per heavy atom. The molecule has 1 spiro atoms. The van der Waals surface area contributed by atoms with Gasteiger partial charge in [-0.1, -0.05) is 42.8 Å². The molecule has 3 aliphatic heterocycles. The fourth-order valence-electron chi connectivity index (χ4n) is 9.57. The molecule has 1 saturated heterocycles. The third kappa shape index (κ3) is 8.90. The molecule has 2 aromatic carbocycles. The van der Waals surface area contributed by atoms with Crippen molar-refractivity contribution in [1.29, 1.82) is 0 Å². The van der Waals surface area contributed by atoms with Crippen LogP contribution in [0, 0.1) is 11.3 Å². The molecule has 12 nitrogen and oxygen atoms in total. The molecule has 2 aliphatic carbocycles. The summed E-state index contributed by atoms with van der Waals surface area (Å²) in [6.45, 7) is 7.29. The molecule has 1 saturated carbocycles. The molecule has 1 unspecified atom stereocenters. The summed E-state index contributed by atoms with van der Waals surface area (Å²) in [5.41, 5.74) is -0.325. The predicted octanol–water partition coefficient (Wildman–Crippen LogP) is 4.92. The Balaban J connectivity index is 1.29. The largest absolute Gasteiger partial charge is 0.490 e. The van der Waals surface area contributed by atoms with Gasteiger partial charge in [-0.3, -0.25) is 14.5 Å². The van der Waals surface area contributed by atoms with Gasteiger partial charge in [0.05, 0.1) is 44.5 Å². The van der Waals surface area contributed by atoms with Crippen LogP contribution in [-0.2, 0) is 42.0 Å². The van der Waals surface area contributed by atoms with Gasteiger partial charge in [0, 0.05) is 49.7 Å². The molecular weight excluding hydrogens is 792 g/mol. The number of nitrogens with one attached hydrogen (secondary N) is 2. The Bertz CT molecular complexity index is 2030. The van der Waals surface area contributed by atoms with Crippen LogP contribution < -0.4 is 19.1 Å². The molecule has 3 heterocycles. The van der Waals surface area contributed by atoms with Gasteiger partial charge in [0.2, 0.25) is 5.91 Å². The summed E-state index contributed by atoms with van der Waals surface area (Å²) in [5.74, 6) is -3.89. The number of halogens is 3. The maximum absolute atomic E-state index is 14.0. The second kappa shape index (κ2) is 16.3. The Hall–Kier alpha value is -3.34. The maximum atomic E-state index is 14.0. The number of nitrogens with zero attached hydrogens (tertiary/aromatic N) is 3. The zero-order valence-corrected chi connectivity index (χ0v) is 35.3. The van der Waals surface area contributed by atoms with E-state index in [1.165, 1.54) is 16.5 Å². The number of aryl methyl sites for hydroxylation is 1. The standard InChI is InChI=1S/C42H56ClF2N5O7S/c1-28(2)46-58(54,55)47-38(52)42(53)22-37(51)48(4)17-6-5-9-35(56-19-18-49-25-41(44,45)26-49)33-14-16-39(33,3)23-50-24-40(27-57-36-13-10-30(42)21-34(36)50)15-7-8-29-20-31(43)11-12-32(29)40/h5,9-13,20-21,28,33,35,46,53H,6-8,14-19,22-27H2,1-4H3,(H,47,52)/b9-5+/t33-,35-,39?,40-,42+/m0/s1. The van der Waals surface area contributed by atoms with E-state index >= 15 is 0 Å². The van der Waals surface area contributed by atoms with Crippen molar-refractivity contribution in [3.8, 4) is 5.75 Å². The number of alkyl halides is 2. The average molecular weight is 848 g/mol. The number of hydrogen-bond acceptors (Lipinski definition) is 9. The van der Waals surface area contributed by atoms with E-state index in [-0.39, 0.29) is 42.6 Å². The van der Waals surface area contributed by atoms with Crippen LogP contribution in [0.15, 0.2) is 48.6 Å². The summed E-state index contributed by atoms with van der Waals surface area (Å²) in [6.07, 6.45) is 7.81. The number of fused-ring (bicyclic) bond motifs is 4. The summed E-state index contributed by atoms with van der Waals surface area (Å²) < 4.78 is 70.7. The van der Waals surface area contributed by atoms with Gasteiger partial charge in [0.15, 0.2) is 5.60 Å². The number of carbonyl (C=O) groups is 2. The van der Waals surface area contributed by atoms with Crippen LogP contribution in [0.1, 0.15) is 76.0 Å². The number of hydrogen-bond donors (Lipinski definition) is 3. The number of ether oxygens (including phenoxy) is 2. The summed E-state index contributed by atoms with van der Waals surface area (Å²) in [7, 11) is -2.84. The molecule has 2 fully saturated rings. The molecule has 5 aliphatic rings. The Kier molecular flexibility index (Phi) is 12.0. The summed E-state index contributed by atoms with van der Waals surface area (Å²) >= 11 is 6.49. The first-order chi connectivity index (χ1) is 27.3. The minimum Gasteiger partial charge on any atom is -0.490 e. The van der Waals surface area contributed by atoms with E-state index in [9.17, 15) is 31.9 Å². The Morgan fingerprint density at radius 1 is 1.12 bits per heavy atom. The molecule has 5 atom stereocenters. The van der Waals surface area contributed by atoms with Gasteiger partial charge in [0.1, 0.15) is 5.75 Å². The smallest absolute Gasteiger partial charge is 0.301 e. The first kappa shape index (κ1) is 42.8. The molecule has 58 heavy (non-hydrogen) atoms. The summed E-state index contributed by atoms with van der Waals surface area (Å²) in [5, 5.41) is 13.1. The molecule has 2 bridgehead atoms. The molecule has 0 radical (unpaired) electrons. The van der Waals surface area contributed by atoms with Gasteiger partial charge in [-0.2, -0.15) is 13.1 Å². The quantitative estimate of drug-likeness (QED) is 0.316. The molecule has 7 rings (SSSR count). The molecular formula is C42H56ClF2N5O7S. The van der Waals surface area contributed by atoms with Crippen molar-refractivity contribution >= 4 is 39.3 Å². The first-order valence-electron chi connectivity index (χ1n) is 20.3. The average Bonchev–Trinajstić information content (AvgIpc) is 3.27. The van der Waals surface area contributed by atoms with Gasteiger partial charge >= 0.3 is 10.2 Å². The lowest BCUT2D eigenvalue weighted by molar-refractivity contribution is -0.148. The van der Waals surface area contributed by atoms with Crippen LogP contribution in [0.2, 0.25) is 5.02 Å². The first-order valence-corrected chi connectivity index (χ1v) is 22.2. The Morgan fingerprint density at radius 2 is 1.90 bits per heavy atom. The van der Waals surface area contributed by atoms with Gasteiger partial charge in [0.25, 0.3) is 11.8 Å². The number of aliphatic hydroxyl groups is 1. The van der Waals surface area contributed by atoms with Crippen LogP contribution in [0.3, 0.4) is 0 Å². The monoisotopic (exact) mass is 847 g/mol.